The van der Waals surface area contributed by atoms with Crippen molar-refractivity contribution in [1.29, 1.82) is 0 Å². The van der Waals surface area contributed by atoms with Crippen molar-refractivity contribution < 1.29 is 8.39 Å². The van der Waals surface area contributed by atoms with Crippen LogP contribution in [-0.2, 0) is 15.3 Å². The van der Waals surface area contributed by atoms with Crippen LogP contribution in [0, 0.1) is 17.8 Å². The summed E-state index contributed by atoms with van der Waals surface area (Å²) < 4.78 is 19.0. The molecule has 0 unspecified atom stereocenters. The molecule has 0 radical (unpaired) electrons. The van der Waals surface area contributed by atoms with Gasteiger partial charge in [0.25, 0.3) is 0 Å². The Morgan fingerprint density at radius 2 is 1.83 bits per heavy atom. The largest absolute Gasteiger partial charge is 0.283 e. The third-order valence-electron chi connectivity index (χ3n) is 5.10. The van der Waals surface area contributed by atoms with Gasteiger partial charge >= 0.3 is 0 Å². The Kier molecular flexibility index (Phi) is 5.17. The first-order valence-corrected chi connectivity index (χ1v) is 9.70. The molecular formula is C20H26O2S. The fourth-order valence-corrected chi connectivity index (χ4v) is 4.84. The summed E-state index contributed by atoms with van der Waals surface area (Å²) >= 11 is -1.41. The fourth-order valence-electron chi connectivity index (χ4n) is 3.73. The molecule has 1 aliphatic rings. The molecule has 1 fully saturated rings. The van der Waals surface area contributed by atoms with E-state index >= 15 is 0 Å². The van der Waals surface area contributed by atoms with Gasteiger partial charge in [0.2, 0.25) is 0 Å². The summed E-state index contributed by atoms with van der Waals surface area (Å²) in [5.41, 5.74) is 0. The van der Waals surface area contributed by atoms with Crippen LogP contribution in [0.3, 0.4) is 0 Å². The van der Waals surface area contributed by atoms with E-state index in [-0.39, 0.29) is 6.10 Å². The van der Waals surface area contributed by atoms with Gasteiger partial charge in [-0.2, -0.15) is 0 Å². The van der Waals surface area contributed by atoms with E-state index in [0.717, 1.165) is 22.1 Å². The molecule has 23 heavy (non-hydrogen) atoms. The van der Waals surface area contributed by atoms with E-state index in [1.807, 2.05) is 30.3 Å². The van der Waals surface area contributed by atoms with Crippen molar-refractivity contribution in [2.45, 2.75) is 51.0 Å². The zero-order valence-electron chi connectivity index (χ0n) is 14.2. The lowest BCUT2D eigenvalue weighted by molar-refractivity contribution is 0.0567. The molecule has 1 aliphatic carbocycles. The first-order chi connectivity index (χ1) is 11.1. The number of hydrogen-bond donors (Lipinski definition) is 0. The lowest BCUT2D eigenvalue weighted by atomic mass is 9.75. The lowest BCUT2D eigenvalue weighted by Crippen LogP contribution is -2.34. The third-order valence-corrected chi connectivity index (χ3v) is 6.24. The van der Waals surface area contributed by atoms with Gasteiger partial charge in [-0.25, -0.2) is 4.21 Å². The summed E-state index contributed by atoms with van der Waals surface area (Å²) in [7, 11) is 0. The van der Waals surface area contributed by atoms with Gasteiger partial charge in [0.05, 0.1) is 11.0 Å². The number of fused-ring (bicyclic) bond motifs is 1. The molecule has 1 saturated carbocycles. The summed E-state index contributed by atoms with van der Waals surface area (Å²) in [4.78, 5) is 0.795. The molecule has 0 aliphatic heterocycles. The number of rotatable bonds is 4. The lowest BCUT2D eigenvalue weighted by Gasteiger charge is -2.36. The molecule has 4 atom stereocenters. The second kappa shape index (κ2) is 7.14. The second-order valence-corrected chi connectivity index (χ2v) is 8.27. The molecule has 0 N–H and O–H groups in total. The van der Waals surface area contributed by atoms with Gasteiger partial charge in [-0.1, -0.05) is 63.6 Å². The van der Waals surface area contributed by atoms with Crippen LogP contribution < -0.4 is 0 Å². The Balaban J connectivity index is 1.84. The second-order valence-electron chi connectivity index (χ2n) is 7.17. The summed E-state index contributed by atoms with van der Waals surface area (Å²) in [6.07, 6.45) is 3.54. The highest BCUT2D eigenvalue weighted by Crippen LogP contribution is 2.36. The third kappa shape index (κ3) is 3.67. The van der Waals surface area contributed by atoms with Crippen LogP contribution >= 0.6 is 0 Å². The number of benzene rings is 2. The molecule has 124 valence electrons. The van der Waals surface area contributed by atoms with E-state index in [4.69, 9.17) is 4.18 Å². The first kappa shape index (κ1) is 16.7. The zero-order chi connectivity index (χ0) is 16.4. The molecular weight excluding hydrogens is 304 g/mol. The van der Waals surface area contributed by atoms with E-state index in [2.05, 4.69) is 32.9 Å². The summed E-state index contributed by atoms with van der Waals surface area (Å²) in [6, 6.07) is 14.0. The average molecular weight is 330 g/mol. The average Bonchev–Trinajstić information content (AvgIpc) is 2.54. The van der Waals surface area contributed by atoms with Crippen molar-refractivity contribution in [3.05, 3.63) is 42.5 Å². The molecule has 0 spiro atoms. The monoisotopic (exact) mass is 330 g/mol. The van der Waals surface area contributed by atoms with Crippen molar-refractivity contribution in [1.82, 2.24) is 0 Å². The summed E-state index contributed by atoms with van der Waals surface area (Å²) in [5.74, 6) is 1.72. The van der Waals surface area contributed by atoms with Crippen molar-refractivity contribution >= 4 is 21.9 Å². The highest BCUT2D eigenvalue weighted by Gasteiger charge is 2.33. The Morgan fingerprint density at radius 3 is 2.61 bits per heavy atom. The van der Waals surface area contributed by atoms with E-state index in [1.165, 1.54) is 12.8 Å². The highest BCUT2D eigenvalue weighted by atomic mass is 32.2. The first-order valence-electron chi connectivity index (χ1n) is 8.63. The van der Waals surface area contributed by atoms with Gasteiger partial charge in [-0.15, -0.1) is 0 Å². The van der Waals surface area contributed by atoms with Crippen molar-refractivity contribution in [2.75, 3.05) is 0 Å². The minimum atomic E-state index is -1.41. The zero-order valence-corrected chi connectivity index (χ0v) is 15.0. The van der Waals surface area contributed by atoms with Gasteiger partial charge in [-0.05, 0) is 42.0 Å². The number of hydrogen-bond acceptors (Lipinski definition) is 2. The summed E-state index contributed by atoms with van der Waals surface area (Å²) in [6.45, 7) is 6.77. The Labute approximate surface area is 141 Å². The molecule has 0 saturated heterocycles. The molecule has 3 heteroatoms. The minimum Gasteiger partial charge on any atom is -0.283 e. The van der Waals surface area contributed by atoms with Gasteiger partial charge in [0.1, 0.15) is 0 Å². The van der Waals surface area contributed by atoms with Crippen LogP contribution in [0.2, 0.25) is 0 Å². The normalized spacial score (nSPS) is 26.5. The fraction of sp³-hybridized carbons (Fsp3) is 0.500. The molecule has 2 aromatic rings. The van der Waals surface area contributed by atoms with Crippen LogP contribution in [0.4, 0.5) is 0 Å². The van der Waals surface area contributed by atoms with Gasteiger partial charge < -0.3 is 0 Å². The van der Waals surface area contributed by atoms with Crippen molar-refractivity contribution in [3.63, 3.8) is 0 Å². The molecule has 2 nitrogen and oxygen atoms in total. The Bertz CT molecular complexity index is 690. The molecule has 0 heterocycles. The van der Waals surface area contributed by atoms with E-state index in [1.54, 1.807) is 0 Å². The van der Waals surface area contributed by atoms with Crippen LogP contribution in [-0.4, -0.2) is 10.3 Å². The maximum atomic E-state index is 12.9. The van der Waals surface area contributed by atoms with E-state index in [9.17, 15) is 4.21 Å². The Morgan fingerprint density at radius 1 is 1.09 bits per heavy atom. The van der Waals surface area contributed by atoms with Crippen LogP contribution in [0.25, 0.3) is 10.8 Å². The Hall–Kier alpha value is -1.19. The minimum absolute atomic E-state index is 0.0959. The molecule has 3 rings (SSSR count). The summed E-state index contributed by atoms with van der Waals surface area (Å²) in [5, 5.41) is 2.14. The highest BCUT2D eigenvalue weighted by molar-refractivity contribution is 7.80. The van der Waals surface area contributed by atoms with Crippen molar-refractivity contribution in [3.8, 4) is 0 Å². The standard InChI is InChI=1S/C20H26O2S/c1-14(2)17-12-11-15(3)13-19(17)22-23(21)20-10-6-8-16-7-4-5-9-18(16)20/h4-10,14-15,17,19H,11-13H2,1-3H3/t15-,17+,19-,23+/m1/s1. The maximum absolute atomic E-state index is 12.9. The van der Waals surface area contributed by atoms with Gasteiger partial charge in [0.15, 0.2) is 11.1 Å². The van der Waals surface area contributed by atoms with Gasteiger partial charge in [0, 0.05) is 5.39 Å². The smallest absolute Gasteiger partial charge is 0.190 e. The van der Waals surface area contributed by atoms with Crippen LogP contribution in [0.1, 0.15) is 40.0 Å². The molecule has 0 amide bonds. The molecule has 0 bridgehead atoms. The predicted molar refractivity (Wildman–Crippen MR) is 96.6 cm³/mol. The van der Waals surface area contributed by atoms with Crippen LogP contribution in [0.5, 0.6) is 0 Å². The molecule has 2 aromatic carbocycles. The maximum Gasteiger partial charge on any atom is 0.190 e. The van der Waals surface area contributed by atoms with Crippen LogP contribution in [0.15, 0.2) is 47.4 Å². The SMILES string of the molecule is CC(C)[C@@H]1CC[C@@H](C)C[C@H]1O[S@](=O)c1cccc2ccccc12. The van der Waals surface area contributed by atoms with Crippen molar-refractivity contribution in [2.24, 2.45) is 17.8 Å². The van der Waals surface area contributed by atoms with E-state index in [0.29, 0.717) is 17.8 Å². The van der Waals surface area contributed by atoms with E-state index < -0.39 is 11.1 Å². The topological polar surface area (TPSA) is 26.3 Å². The molecule has 0 aromatic heterocycles. The quantitative estimate of drug-likeness (QED) is 0.756. The predicted octanol–water partition coefficient (Wildman–Crippen LogP) is 5.34. The van der Waals surface area contributed by atoms with Gasteiger partial charge in [-0.3, -0.25) is 4.18 Å².